The van der Waals surface area contributed by atoms with Crippen LogP contribution >= 0.6 is 0 Å². The van der Waals surface area contributed by atoms with Gasteiger partial charge < -0.3 is 14.9 Å². The largest absolute Gasteiger partial charge is 0.478 e. The highest BCUT2D eigenvalue weighted by Gasteiger charge is 2.26. The van der Waals surface area contributed by atoms with Crippen molar-refractivity contribution in [1.82, 2.24) is 15.1 Å². The minimum absolute atomic E-state index is 0.234. The molecule has 1 aromatic rings. The van der Waals surface area contributed by atoms with E-state index in [0.717, 1.165) is 32.5 Å². The first-order valence-corrected chi connectivity index (χ1v) is 6.63. The zero-order chi connectivity index (χ0) is 13.8. The minimum atomic E-state index is -0.947. The fourth-order valence-electron chi connectivity index (χ4n) is 2.57. The Morgan fingerprint density at radius 2 is 2.32 bits per heavy atom. The lowest BCUT2D eigenvalue weighted by molar-refractivity contribution is 0.0697. The number of hydrogen-bond acceptors (Lipinski definition) is 5. The molecule has 0 bridgehead atoms. The zero-order valence-electron chi connectivity index (χ0n) is 11.4. The van der Waals surface area contributed by atoms with E-state index in [4.69, 9.17) is 0 Å². The van der Waals surface area contributed by atoms with Gasteiger partial charge in [0.25, 0.3) is 0 Å². The molecule has 1 aliphatic heterocycles. The van der Waals surface area contributed by atoms with Crippen molar-refractivity contribution in [2.24, 2.45) is 0 Å². The van der Waals surface area contributed by atoms with Crippen LogP contribution in [0.1, 0.15) is 30.1 Å². The summed E-state index contributed by atoms with van der Waals surface area (Å²) in [7, 11) is 2.10. The highest BCUT2D eigenvalue weighted by atomic mass is 16.4. The van der Waals surface area contributed by atoms with Crippen LogP contribution in [0.4, 0.5) is 5.82 Å². The number of likely N-dealkylation sites (N-methyl/N-ethyl adjacent to an activating group) is 1. The number of aromatic nitrogens is 2. The summed E-state index contributed by atoms with van der Waals surface area (Å²) < 4.78 is 0. The topological polar surface area (TPSA) is 69.6 Å². The molecule has 0 radical (unpaired) electrons. The number of carbonyl (C=O) groups is 1. The van der Waals surface area contributed by atoms with Gasteiger partial charge in [0, 0.05) is 19.1 Å². The highest BCUT2D eigenvalue weighted by Crippen LogP contribution is 2.22. The van der Waals surface area contributed by atoms with Crippen LogP contribution in [0, 0.1) is 0 Å². The minimum Gasteiger partial charge on any atom is -0.478 e. The molecule has 0 aliphatic carbocycles. The van der Waals surface area contributed by atoms with Crippen LogP contribution in [0.25, 0.3) is 0 Å². The molecular formula is C13H20N4O2. The normalized spacial score (nSPS) is 21.2. The van der Waals surface area contributed by atoms with Gasteiger partial charge in [-0.25, -0.2) is 4.79 Å². The highest BCUT2D eigenvalue weighted by molar-refractivity contribution is 5.93. The van der Waals surface area contributed by atoms with Gasteiger partial charge in [0.15, 0.2) is 5.82 Å². The van der Waals surface area contributed by atoms with Gasteiger partial charge in [0.1, 0.15) is 5.56 Å². The molecule has 1 aliphatic rings. The molecule has 104 valence electrons. The Morgan fingerprint density at radius 3 is 3.00 bits per heavy atom. The smallest absolute Gasteiger partial charge is 0.339 e. The number of nitrogens with zero attached hydrogens (tertiary/aromatic N) is 4. The van der Waals surface area contributed by atoms with E-state index in [0.29, 0.717) is 5.82 Å². The predicted octanol–water partition coefficient (Wildman–Crippen LogP) is 1.10. The second-order valence-corrected chi connectivity index (χ2v) is 4.94. The van der Waals surface area contributed by atoms with Crippen LogP contribution in [0.2, 0.25) is 0 Å². The molecule has 0 aromatic carbocycles. The summed E-state index contributed by atoms with van der Waals surface area (Å²) in [4.78, 5) is 15.7. The molecule has 2 heterocycles. The molecule has 1 fully saturated rings. The molecule has 1 N–H and O–H groups in total. The van der Waals surface area contributed by atoms with E-state index >= 15 is 0 Å². The van der Waals surface area contributed by atoms with Crippen molar-refractivity contribution >= 4 is 11.8 Å². The third kappa shape index (κ3) is 3.01. The van der Waals surface area contributed by atoms with Crippen molar-refractivity contribution in [3.05, 3.63) is 17.8 Å². The van der Waals surface area contributed by atoms with Gasteiger partial charge in [-0.1, -0.05) is 6.92 Å². The first-order chi connectivity index (χ1) is 9.13. The molecule has 2 rings (SSSR count). The Balaban J connectivity index is 2.35. The Kier molecular flexibility index (Phi) is 4.31. The fraction of sp³-hybridized carbons (Fsp3) is 0.615. The van der Waals surface area contributed by atoms with E-state index < -0.39 is 5.97 Å². The number of rotatable bonds is 3. The average Bonchev–Trinajstić information content (AvgIpc) is 2.60. The SMILES string of the molecule is CCC1CN(C)CCCN1c1nnccc1C(=O)O. The summed E-state index contributed by atoms with van der Waals surface area (Å²) in [5, 5.41) is 17.2. The van der Waals surface area contributed by atoms with Crippen LogP contribution in [0.3, 0.4) is 0 Å². The lowest BCUT2D eigenvalue weighted by Crippen LogP contribution is -2.41. The molecule has 1 aromatic heterocycles. The first-order valence-electron chi connectivity index (χ1n) is 6.63. The Hall–Kier alpha value is -1.69. The molecule has 6 heteroatoms. The second-order valence-electron chi connectivity index (χ2n) is 4.94. The van der Waals surface area contributed by atoms with Crippen molar-refractivity contribution in [2.45, 2.75) is 25.8 Å². The van der Waals surface area contributed by atoms with E-state index in [9.17, 15) is 9.90 Å². The quantitative estimate of drug-likeness (QED) is 0.881. The van der Waals surface area contributed by atoms with Gasteiger partial charge in [0.05, 0.1) is 6.20 Å². The molecule has 1 atom stereocenters. The number of hydrogen-bond donors (Lipinski definition) is 1. The lowest BCUT2D eigenvalue weighted by atomic mass is 10.1. The van der Waals surface area contributed by atoms with Crippen molar-refractivity contribution in [2.75, 3.05) is 31.6 Å². The standard InChI is InChI=1S/C13H20N4O2/c1-3-10-9-16(2)7-4-8-17(10)12-11(13(18)19)5-6-14-15-12/h5-6,10H,3-4,7-9H2,1-2H3,(H,18,19). The maximum atomic E-state index is 11.3. The van der Waals surface area contributed by atoms with Gasteiger partial charge >= 0.3 is 5.97 Å². The summed E-state index contributed by atoms with van der Waals surface area (Å²) in [5.74, 6) is -0.450. The molecule has 1 saturated heterocycles. The summed E-state index contributed by atoms with van der Waals surface area (Å²) in [5.41, 5.74) is 0.234. The molecule has 0 saturated carbocycles. The number of carboxylic acids is 1. The van der Waals surface area contributed by atoms with Crippen LogP contribution in [0.15, 0.2) is 12.3 Å². The summed E-state index contributed by atoms with van der Waals surface area (Å²) in [6.45, 7) is 4.89. The van der Waals surface area contributed by atoms with E-state index in [1.165, 1.54) is 12.3 Å². The molecule has 0 spiro atoms. The molecule has 6 nitrogen and oxygen atoms in total. The molecular weight excluding hydrogens is 244 g/mol. The first kappa shape index (κ1) is 13.7. The maximum absolute atomic E-state index is 11.3. The van der Waals surface area contributed by atoms with E-state index in [-0.39, 0.29) is 11.6 Å². The lowest BCUT2D eigenvalue weighted by Gasteiger charge is -2.31. The third-order valence-corrected chi connectivity index (χ3v) is 3.58. The van der Waals surface area contributed by atoms with Gasteiger partial charge in [-0.05, 0) is 32.5 Å². The van der Waals surface area contributed by atoms with Crippen molar-refractivity contribution < 1.29 is 9.90 Å². The fourth-order valence-corrected chi connectivity index (χ4v) is 2.57. The van der Waals surface area contributed by atoms with Crippen molar-refractivity contribution in [3.8, 4) is 0 Å². The van der Waals surface area contributed by atoms with E-state index in [1.807, 2.05) is 0 Å². The van der Waals surface area contributed by atoms with Gasteiger partial charge in [-0.15, -0.1) is 5.10 Å². The monoisotopic (exact) mass is 264 g/mol. The number of anilines is 1. The number of carboxylic acid groups (broad SMARTS) is 1. The molecule has 1 unspecified atom stereocenters. The zero-order valence-corrected chi connectivity index (χ0v) is 11.4. The van der Waals surface area contributed by atoms with Crippen molar-refractivity contribution in [1.29, 1.82) is 0 Å². The Morgan fingerprint density at radius 1 is 1.53 bits per heavy atom. The van der Waals surface area contributed by atoms with Gasteiger partial charge in [-0.3, -0.25) is 0 Å². The van der Waals surface area contributed by atoms with E-state index in [1.54, 1.807) is 0 Å². The van der Waals surface area contributed by atoms with Gasteiger partial charge in [0.2, 0.25) is 0 Å². The van der Waals surface area contributed by atoms with Crippen molar-refractivity contribution in [3.63, 3.8) is 0 Å². The maximum Gasteiger partial charge on any atom is 0.339 e. The predicted molar refractivity (Wildman–Crippen MR) is 72.5 cm³/mol. The van der Waals surface area contributed by atoms with Crippen LogP contribution in [0.5, 0.6) is 0 Å². The molecule has 19 heavy (non-hydrogen) atoms. The van der Waals surface area contributed by atoms with Crippen LogP contribution in [-0.2, 0) is 0 Å². The second kappa shape index (κ2) is 5.97. The van der Waals surface area contributed by atoms with Crippen LogP contribution in [-0.4, -0.2) is 58.9 Å². The van der Waals surface area contributed by atoms with Gasteiger partial charge in [-0.2, -0.15) is 5.10 Å². The summed E-state index contributed by atoms with van der Waals surface area (Å²) >= 11 is 0. The Bertz CT molecular complexity index is 452. The third-order valence-electron chi connectivity index (χ3n) is 3.58. The number of aromatic carboxylic acids is 1. The summed E-state index contributed by atoms with van der Waals surface area (Å²) in [6, 6.07) is 1.80. The summed E-state index contributed by atoms with van der Waals surface area (Å²) in [6.07, 6.45) is 3.39. The van der Waals surface area contributed by atoms with E-state index in [2.05, 4.69) is 34.0 Å². The average molecular weight is 264 g/mol. The van der Waals surface area contributed by atoms with Crippen LogP contribution < -0.4 is 4.90 Å². The molecule has 0 amide bonds. The Labute approximate surface area is 113 Å².